The van der Waals surface area contributed by atoms with Crippen LogP contribution in [0, 0.1) is 5.92 Å². The number of methoxy groups -OCH3 is 1. The van der Waals surface area contributed by atoms with Gasteiger partial charge in [-0.15, -0.1) is 0 Å². The smallest absolute Gasteiger partial charge is 0.328 e. The predicted octanol–water partition coefficient (Wildman–Crippen LogP) is 2.80. The second-order valence-electron chi connectivity index (χ2n) is 6.29. The SMILES string of the molecule is CCCCCCCC[C@@H](NC(=O)[C@@H](O)CC(C)C)C(=O)OC. The fourth-order valence-electron chi connectivity index (χ4n) is 2.34. The van der Waals surface area contributed by atoms with Gasteiger partial charge in [-0.25, -0.2) is 4.79 Å². The number of esters is 1. The molecule has 5 nitrogen and oxygen atoms in total. The monoisotopic (exact) mass is 315 g/mol. The summed E-state index contributed by atoms with van der Waals surface area (Å²) in [6.07, 6.45) is 6.56. The molecule has 0 aromatic heterocycles. The Balaban J connectivity index is 4.23. The summed E-state index contributed by atoms with van der Waals surface area (Å²) < 4.78 is 4.73. The Morgan fingerprint density at radius 2 is 1.68 bits per heavy atom. The third kappa shape index (κ3) is 9.77. The zero-order chi connectivity index (χ0) is 17.0. The van der Waals surface area contributed by atoms with Crippen LogP contribution in [0.25, 0.3) is 0 Å². The number of rotatable bonds is 12. The van der Waals surface area contributed by atoms with Gasteiger partial charge in [0.15, 0.2) is 0 Å². The number of carbonyl (C=O) groups is 2. The minimum Gasteiger partial charge on any atom is -0.467 e. The standard InChI is InChI=1S/C17H33NO4/c1-5-6-7-8-9-10-11-14(17(21)22-4)18-16(20)15(19)12-13(2)3/h13-15,19H,5-12H2,1-4H3,(H,18,20)/t14-,15+/m1/s1. The summed E-state index contributed by atoms with van der Waals surface area (Å²) in [5.74, 6) is -0.718. The summed E-state index contributed by atoms with van der Waals surface area (Å²) in [7, 11) is 1.31. The molecule has 0 unspecified atom stereocenters. The van der Waals surface area contributed by atoms with Crippen molar-refractivity contribution in [3.05, 3.63) is 0 Å². The van der Waals surface area contributed by atoms with Gasteiger partial charge in [0.25, 0.3) is 0 Å². The highest BCUT2D eigenvalue weighted by Crippen LogP contribution is 2.10. The van der Waals surface area contributed by atoms with E-state index in [9.17, 15) is 14.7 Å². The van der Waals surface area contributed by atoms with Crippen LogP contribution in [0.1, 0.15) is 72.1 Å². The first-order valence-corrected chi connectivity index (χ1v) is 8.48. The van der Waals surface area contributed by atoms with Crippen molar-refractivity contribution in [3.63, 3.8) is 0 Å². The van der Waals surface area contributed by atoms with Gasteiger partial charge < -0.3 is 15.2 Å². The van der Waals surface area contributed by atoms with Crippen LogP contribution >= 0.6 is 0 Å². The Kier molecular flexibility index (Phi) is 11.8. The van der Waals surface area contributed by atoms with E-state index in [-0.39, 0.29) is 5.92 Å². The summed E-state index contributed by atoms with van der Waals surface area (Å²) in [5, 5.41) is 12.4. The first-order chi connectivity index (χ1) is 10.4. The van der Waals surface area contributed by atoms with Crippen molar-refractivity contribution in [1.82, 2.24) is 5.32 Å². The summed E-state index contributed by atoms with van der Waals surface area (Å²) >= 11 is 0. The molecule has 0 bridgehead atoms. The van der Waals surface area contributed by atoms with Crippen LogP contribution < -0.4 is 5.32 Å². The second-order valence-corrected chi connectivity index (χ2v) is 6.29. The van der Waals surface area contributed by atoms with Crippen molar-refractivity contribution in [2.24, 2.45) is 5.92 Å². The second kappa shape index (κ2) is 12.4. The lowest BCUT2D eigenvalue weighted by molar-refractivity contribution is -0.146. The molecule has 0 aliphatic rings. The van der Waals surface area contributed by atoms with Gasteiger partial charge in [0.2, 0.25) is 5.91 Å². The van der Waals surface area contributed by atoms with Crippen LogP contribution in [0.3, 0.4) is 0 Å². The van der Waals surface area contributed by atoms with Gasteiger partial charge in [0, 0.05) is 0 Å². The Labute approximate surface area is 134 Å². The molecule has 0 radical (unpaired) electrons. The van der Waals surface area contributed by atoms with Gasteiger partial charge in [-0.1, -0.05) is 59.3 Å². The van der Waals surface area contributed by atoms with Crippen LogP contribution in [0.5, 0.6) is 0 Å². The quantitative estimate of drug-likeness (QED) is 0.429. The van der Waals surface area contributed by atoms with Gasteiger partial charge >= 0.3 is 5.97 Å². The number of hydrogen-bond acceptors (Lipinski definition) is 4. The highest BCUT2D eigenvalue weighted by atomic mass is 16.5. The Bertz CT molecular complexity index is 318. The number of hydrogen-bond donors (Lipinski definition) is 2. The average molecular weight is 315 g/mol. The topological polar surface area (TPSA) is 75.6 Å². The summed E-state index contributed by atoms with van der Waals surface area (Å²) in [6.45, 7) is 6.04. The molecule has 0 aliphatic carbocycles. The van der Waals surface area contributed by atoms with Crippen molar-refractivity contribution < 1.29 is 19.4 Å². The van der Waals surface area contributed by atoms with Gasteiger partial charge in [-0.2, -0.15) is 0 Å². The molecular weight excluding hydrogens is 282 g/mol. The van der Waals surface area contributed by atoms with Gasteiger partial charge in [0.1, 0.15) is 12.1 Å². The van der Waals surface area contributed by atoms with Gasteiger partial charge in [-0.05, 0) is 18.8 Å². The van der Waals surface area contributed by atoms with Crippen molar-refractivity contribution in [1.29, 1.82) is 0 Å². The molecule has 2 N–H and O–H groups in total. The molecule has 0 saturated heterocycles. The third-order valence-corrected chi connectivity index (χ3v) is 3.65. The van der Waals surface area contributed by atoms with Crippen molar-refractivity contribution in [3.8, 4) is 0 Å². The summed E-state index contributed by atoms with van der Waals surface area (Å²) in [5.41, 5.74) is 0. The lowest BCUT2D eigenvalue weighted by atomic mass is 10.0. The molecule has 22 heavy (non-hydrogen) atoms. The maximum Gasteiger partial charge on any atom is 0.328 e. The molecule has 0 aliphatic heterocycles. The Morgan fingerprint density at radius 1 is 1.09 bits per heavy atom. The van der Waals surface area contributed by atoms with E-state index in [2.05, 4.69) is 12.2 Å². The van der Waals surface area contributed by atoms with Gasteiger partial charge in [0.05, 0.1) is 7.11 Å². The first-order valence-electron chi connectivity index (χ1n) is 8.48. The van der Waals surface area contributed by atoms with E-state index in [1.807, 2.05) is 13.8 Å². The molecule has 0 spiro atoms. The molecule has 0 heterocycles. The Hall–Kier alpha value is -1.10. The van der Waals surface area contributed by atoms with E-state index in [0.29, 0.717) is 12.8 Å². The molecule has 0 rings (SSSR count). The molecule has 0 aromatic rings. The molecule has 1 amide bonds. The predicted molar refractivity (Wildman–Crippen MR) is 87.4 cm³/mol. The number of carbonyl (C=O) groups excluding carboxylic acids is 2. The van der Waals surface area contributed by atoms with E-state index >= 15 is 0 Å². The largest absolute Gasteiger partial charge is 0.467 e. The maximum atomic E-state index is 11.9. The van der Waals surface area contributed by atoms with Crippen LogP contribution in [0.15, 0.2) is 0 Å². The lowest BCUT2D eigenvalue weighted by Crippen LogP contribution is -2.46. The normalized spacial score (nSPS) is 13.7. The first kappa shape index (κ1) is 20.9. The van der Waals surface area contributed by atoms with Crippen LogP contribution in [-0.4, -0.2) is 36.2 Å². The molecule has 130 valence electrons. The van der Waals surface area contributed by atoms with Crippen LogP contribution in [-0.2, 0) is 14.3 Å². The maximum absolute atomic E-state index is 11.9. The third-order valence-electron chi connectivity index (χ3n) is 3.65. The van der Waals surface area contributed by atoms with E-state index < -0.39 is 24.0 Å². The fraction of sp³-hybridized carbons (Fsp3) is 0.882. The molecule has 0 saturated carbocycles. The van der Waals surface area contributed by atoms with E-state index in [1.165, 1.54) is 26.4 Å². The zero-order valence-electron chi connectivity index (χ0n) is 14.6. The van der Waals surface area contributed by atoms with Crippen molar-refractivity contribution >= 4 is 11.9 Å². The number of aliphatic hydroxyl groups is 1. The molecule has 5 heteroatoms. The number of ether oxygens (including phenoxy) is 1. The van der Waals surface area contributed by atoms with E-state index in [1.54, 1.807) is 0 Å². The molecule has 2 atom stereocenters. The van der Waals surface area contributed by atoms with Crippen LogP contribution in [0.4, 0.5) is 0 Å². The summed E-state index contributed by atoms with van der Waals surface area (Å²) in [4.78, 5) is 23.7. The Morgan fingerprint density at radius 3 is 2.23 bits per heavy atom. The fourth-order valence-corrected chi connectivity index (χ4v) is 2.34. The minimum atomic E-state index is -1.07. The molecule has 0 fully saturated rings. The van der Waals surface area contributed by atoms with E-state index in [4.69, 9.17) is 4.74 Å². The molecular formula is C17H33NO4. The number of unbranched alkanes of at least 4 members (excludes halogenated alkanes) is 5. The summed E-state index contributed by atoms with van der Waals surface area (Å²) in [6, 6.07) is -0.662. The number of aliphatic hydroxyl groups excluding tert-OH is 1. The zero-order valence-corrected chi connectivity index (χ0v) is 14.6. The van der Waals surface area contributed by atoms with Crippen molar-refractivity contribution in [2.45, 2.75) is 84.3 Å². The van der Waals surface area contributed by atoms with Crippen LogP contribution in [0.2, 0.25) is 0 Å². The minimum absolute atomic E-state index is 0.218. The lowest BCUT2D eigenvalue weighted by Gasteiger charge is -2.19. The number of nitrogens with one attached hydrogen (secondary N) is 1. The highest BCUT2D eigenvalue weighted by Gasteiger charge is 2.24. The van der Waals surface area contributed by atoms with E-state index in [0.717, 1.165) is 19.3 Å². The highest BCUT2D eigenvalue weighted by molar-refractivity contribution is 5.86. The molecule has 0 aromatic carbocycles. The number of amides is 1. The van der Waals surface area contributed by atoms with Gasteiger partial charge in [-0.3, -0.25) is 4.79 Å². The average Bonchev–Trinajstić information content (AvgIpc) is 2.47. The van der Waals surface area contributed by atoms with Crippen molar-refractivity contribution in [2.75, 3.05) is 7.11 Å².